The van der Waals surface area contributed by atoms with Crippen molar-refractivity contribution in [3.63, 3.8) is 0 Å². The van der Waals surface area contributed by atoms with Crippen molar-refractivity contribution in [3.8, 4) is 5.75 Å². The van der Waals surface area contributed by atoms with E-state index < -0.39 is 5.41 Å². The predicted molar refractivity (Wildman–Crippen MR) is 95.8 cm³/mol. The number of piperidine rings is 1. The molecule has 2 rings (SSSR count). The molecule has 1 aromatic rings. The van der Waals surface area contributed by atoms with Crippen LogP contribution in [0.15, 0.2) is 24.3 Å². The quantitative estimate of drug-likeness (QED) is 0.888. The number of methoxy groups -OCH3 is 1. The largest absolute Gasteiger partial charge is 0.496 e. The van der Waals surface area contributed by atoms with Crippen LogP contribution in [0.1, 0.15) is 39.2 Å². The third-order valence-electron chi connectivity index (χ3n) is 4.70. The molecule has 1 saturated heterocycles. The van der Waals surface area contributed by atoms with Gasteiger partial charge in [0.15, 0.2) is 0 Å². The first-order valence-electron chi connectivity index (χ1n) is 8.76. The van der Waals surface area contributed by atoms with Crippen molar-refractivity contribution in [2.24, 2.45) is 0 Å². The van der Waals surface area contributed by atoms with E-state index in [-0.39, 0.29) is 18.0 Å². The molecule has 0 spiro atoms. The first-order chi connectivity index (χ1) is 11.9. The Kier molecular flexibility index (Phi) is 6.28. The molecule has 1 fully saturated rings. The van der Waals surface area contributed by atoms with Crippen LogP contribution < -0.4 is 10.1 Å². The molecular weight excluding hydrogens is 320 g/mol. The SMILES string of the molecule is CCOC(=O)N1CCC(NC(=O)C(C)(C)c2ccccc2OC)CC1. The van der Waals surface area contributed by atoms with Crippen molar-refractivity contribution in [1.29, 1.82) is 0 Å². The summed E-state index contributed by atoms with van der Waals surface area (Å²) in [5.41, 5.74) is 0.157. The second-order valence-electron chi connectivity index (χ2n) is 6.76. The summed E-state index contributed by atoms with van der Waals surface area (Å²) in [6, 6.07) is 7.64. The highest BCUT2D eigenvalue weighted by atomic mass is 16.6. The normalized spacial score (nSPS) is 15.6. The van der Waals surface area contributed by atoms with Gasteiger partial charge in [-0.25, -0.2) is 4.79 Å². The lowest BCUT2D eigenvalue weighted by Crippen LogP contribution is -2.50. The zero-order valence-electron chi connectivity index (χ0n) is 15.5. The summed E-state index contributed by atoms with van der Waals surface area (Å²) in [6.07, 6.45) is 1.18. The maximum atomic E-state index is 12.8. The number of rotatable bonds is 5. The Bertz CT molecular complexity index is 607. The summed E-state index contributed by atoms with van der Waals surface area (Å²) in [5.74, 6) is 0.673. The maximum absolute atomic E-state index is 12.8. The maximum Gasteiger partial charge on any atom is 0.409 e. The summed E-state index contributed by atoms with van der Waals surface area (Å²) in [4.78, 5) is 26.3. The standard InChI is InChI=1S/C19H28N2O4/c1-5-25-18(23)21-12-10-14(11-13-21)20-17(22)19(2,3)15-8-6-7-9-16(15)24-4/h6-9,14H,5,10-13H2,1-4H3,(H,20,22). The van der Waals surface area contributed by atoms with Gasteiger partial charge in [-0.2, -0.15) is 0 Å². The molecule has 138 valence electrons. The first kappa shape index (κ1) is 19.1. The summed E-state index contributed by atoms with van der Waals surface area (Å²) < 4.78 is 10.4. The molecule has 1 heterocycles. The topological polar surface area (TPSA) is 67.9 Å². The molecule has 0 unspecified atom stereocenters. The highest BCUT2D eigenvalue weighted by Gasteiger charge is 2.34. The third-order valence-corrected chi connectivity index (χ3v) is 4.70. The molecule has 0 atom stereocenters. The van der Waals surface area contributed by atoms with Gasteiger partial charge in [-0.05, 0) is 39.7 Å². The Morgan fingerprint density at radius 3 is 2.48 bits per heavy atom. The van der Waals surface area contributed by atoms with Gasteiger partial charge in [-0.15, -0.1) is 0 Å². The Balaban J connectivity index is 1.97. The van der Waals surface area contributed by atoms with Gasteiger partial charge in [0.2, 0.25) is 5.91 Å². The van der Waals surface area contributed by atoms with E-state index in [0.29, 0.717) is 25.4 Å². The molecule has 25 heavy (non-hydrogen) atoms. The number of likely N-dealkylation sites (tertiary alicyclic amines) is 1. The average molecular weight is 348 g/mol. The number of benzene rings is 1. The second-order valence-corrected chi connectivity index (χ2v) is 6.76. The second kappa shape index (κ2) is 8.23. The first-order valence-corrected chi connectivity index (χ1v) is 8.76. The monoisotopic (exact) mass is 348 g/mol. The molecule has 1 aliphatic heterocycles. The highest BCUT2D eigenvalue weighted by Crippen LogP contribution is 2.32. The van der Waals surface area contributed by atoms with Gasteiger partial charge < -0.3 is 19.7 Å². The smallest absolute Gasteiger partial charge is 0.409 e. The number of carbonyl (C=O) groups is 2. The molecule has 1 aliphatic rings. The minimum absolute atomic E-state index is 0.0356. The molecule has 0 bridgehead atoms. The van der Waals surface area contributed by atoms with Crippen molar-refractivity contribution in [2.75, 3.05) is 26.8 Å². The van der Waals surface area contributed by atoms with Crippen LogP contribution in [0.3, 0.4) is 0 Å². The van der Waals surface area contributed by atoms with Crippen LogP contribution in [0.5, 0.6) is 5.75 Å². The Morgan fingerprint density at radius 2 is 1.88 bits per heavy atom. The van der Waals surface area contributed by atoms with Gasteiger partial charge in [0.25, 0.3) is 0 Å². The van der Waals surface area contributed by atoms with E-state index in [1.54, 1.807) is 18.9 Å². The number of hydrogen-bond acceptors (Lipinski definition) is 4. The van der Waals surface area contributed by atoms with Gasteiger partial charge in [-0.1, -0.05) is 18.2 Å². The minimum Gasteiger partial charge on any atom is -0.496 e. The van der Waals surface area contributed by atoms with E-state index >= 15 is 0 Å². The number of ether oxygens (including phenoxy) is 2. The van der Waals surface area contributed by atoms with Crippen LogP contribution in [0.25, 0.3) is 0 Å². The fourth-order valence-electron chi connectivity index (χ4n) is 3.07. The van der Waals surface area contributed by atoms with Crippen molar-refractivity contribution in [2.45, 2.75) is 45.1 Å². The van der Waals surface area contributed by atoms with Crippen LogP contribution in [-0.4, -0.2) is 49.7 Å². The molecular formula is C19H28N2O4. The lowest BCUT2D eigenvalue weighted by molar-refractivity contribution is -0.126. The van der Waals surface area contributed by atoms with Gasteiger partial charge in [0.1, 0.15) is 5.75 Å². The fourth-order valence-corrected chi connectivity index (χ4v) is 3.07. The summed E-state index contributed by atoms with van der Waals surface area (Å²) in [7, 11) is 1.61. The predicted octanol–water partition coefficient (Wildman–Crippen LogP) is 2.71. The van der Waals surface area contributed by atoms with Gasteiger partial charge in [0, 0.05) is 24.7 Å². The lowest BCUT2D eigenvalue weighted by atomic mass is 9.82. The van der Waals surface area contributed by atoms with E-state index in [9.17, 15) is 9.59 Å². The Morgan fingerprint density at radius 1 is 1.24 bits per heavy atom. The van der Waals surface area contributed by atoms with E-state index in [0.717, 1.165) is 18.4 Å². The van der Waals surface area contributed by atoms with Crippen molar-refractivity contribution in [3.05, 3.63) is 29.8 Å². The zero-order valence-corrected chi connectivity index (χ0v) is 15.5. The molecule has 6 nitrogen and oxygen atoms in total. The van der Waals surface area contributed by atoms with E-state index in [2.05, 4.69) is 5.32 Å². The third kappa shape index (κ3) is 4.44. The summed E-state index contributed by atoms with van der Waals surface area (Å²) in [6.45, 7) is 7.16. The Hall–Kier alpha value is -2.24. The molecule has 2 amide bonds. The molecule has 0 aromatic heterocycles. The van der Waals surface area contributed by atoms with E-state index in [4.69, 9.17) is 9.47 Å². The van der Waals surface area contributed by atoms with Crippen molar-refractivity contribution < 1.29 is 19.1 Å². The molecule has 1 N–H and O–H groups in total. The zero-order chi connectivity index (χ0) is 18.4. The lowest BCUT2D eigenvalue weighted by Gasteiger charge is -2.34. The van der Waals surface area contributed by atoms with Gasteiger partial charge in [-0.3, -0.25) is 4.79 Å². The highest BCUT2D eigenvalue weighted by molar-refractivity contribution is 5.88. The number of nitrogens with zero attached hydrogens (tertiary/aromatic N) is 1. The number of hydrogen-bond donors (Lipinski definition) is 1. The minimum atomic E-state index is -0.703. The van der Waals surface area contributed by atoms with Crippen molar-refractivity contribution in [1.82, 2.24) is 10.2 Å². The van der Waals surface area contributed by atoms with Crippen LogP contribution in [0.4, 0.5) is 4.79 Å². The van der Waals surface area contributed by atoms with E-state index in [1.165, 1.54) is 0 Å². The van der Waals surface area contributed by atoms with Crippen LogP contribution in [0.2, 0.25) is 0 Å². The van der Waals surface area contributed by atoms with Crippen LogP contribution >= 0.6 is 0 Å². The average Bonchev–Trinajstić information content (AvgIpc) is 2.62. The number of carbonyl (C=O) groups excluding carboxylic acids is 2. The molecule has 6 heteroatoms. The number of amides is 2. The number of para-hydroxylation sites is 1. The Labute approximate surface area is 149 Å². The number of nitrogens with one attached hydrogen (secondary N) is 1. The van der Waals surface area contributed by atoms with Crippen LogP contribution in [0, 0.1) is 0 Å². The van der Waals surface area contributed by atoms with Crippen LogP contribution in [-0.2, 0) is 14.9 Å². The van der Waals surface area contributed by atoms with Gasteiger partial charge >= 0.3 is 6.09 Å². The molecule has 0 radical (unpaired) electrons. The molecule has 0 saturated carbocycles. The molecule has 1 aromatic carbocycles. The summed E-state index contributed by atoms with van der Waals surface area (Å²) >= 11 is 0. The van der Waals surface area contributed by atoms with E-state index in [1.807, 2.05) is 38.1 Å². The van der Waals surface area contributed by atoms with Crippen molar-refractivity contribution >= 4 is 12.0 Å². The fraction of sp³-hybridized carbons (Fsp3) is 0.579. The molecule has 0 aliphatic carbocycles. The summed E-state index contributed by atoms with van der Waals surface area (Å²) in [5, 5.41) is 3.13. The van der Waals surface area contributed by atoms with Gasteiger partial charge in [0.05, 0.1) is 19.1 Å².